The van der Waals surface area contributed by atoms with Gasteiger partial charge in [-0.15, -0.1) is 0 Å². The highest BCUT2D eigenvalue weighted by molar-refractivity contribution is 7.92. The third kappa shape index (κ3) is 4.99. The number of hydrogen-bond donors (Lipinski definition) is 0. The molecular formula is C23H24N2O4S. The van der Waals surface area contributed by atoms with E-state index >= 15 is 0 Å². The Morgan fingerprint density at radius 2 is 1.30 bits per heavy atom. The SMILES string of the molecule is CC(C(=O)N(C)c1ccccc1)N(c1ccc(Oc2ccccc2)cc1)S(C)(=O)=O. The number of carbonyl (C=O) groups excluding carboxylic acids is 1. The summed E-state index contributed by atoms with van der Waals surface area (Å²) in [6.45, 7) is 1.58. The third-order valence-electron chi connectivity index (χ3n) is 4.61. The molecule has 0 radical (unpaired) electrons. The van der Waals surface area contributed by atoms with Crippen molar-refractivity contribution in [1.82, 2.24) is 0 Å². The number of nitrogens with zero attached hydrogens (tertiary/aromatic N) is 2. The molecule has 0 fully saturated rings. The second kappa shape index (κ2) is 9.00. The molecule has 0 N–H and O–H groups in total. The van der Waals surface area contributed by atoms with Crippen molar-refractivity contribution in [3.8, 4) is 11.5 Å². The van der Waals surface area contributed by atoms with E-state index in [-0.39, 0.29) is 5.91 Å². The lowest BCUT2D eigenvalue weighted by molar-refractivity contribution is -0.119. The van der Waals surface area contributed by atoms with Crippen LogP contribution in [0.2, 0.25) is 0 Å². The second-order valence-corrected chi connectivity index (χ2v) is 8.74. The third-order valence-corrected chi connectivity index (χ3v) is 5.85. The van der Waals surface area contributed by atoms with Crippen molar-refractivity contribution in [2.45, 2.75) is 13.0 Å². The van der Waals surface area contributed by atoms with Crippen molar-refractivity contribution in [2.75, 3.05) is 22.5 Å². The second-order valence-electron chi connectivity index (χ2n) is 6.88. The van der Waals surface area contributed by atoms with E-state index in [1.807, 2.05) is 48.5 Å². The van der Waals surface area contributed by atoms with Gasteiger partial charge in [0.05, 0.1) is 11.9 Å². The zero-order valence-electron chi connectivity index (χ0n) is 17.1. The Labute approximate surface area is 177 Å². The van der Waals surface area contributed by atoms with Gasteiger partial charge < -0.3 is 9.64 Å². The van der Waals surface area contributed by atoms with Crippen molar-refractivity contribution in [3.05, 3.63) is 84.9 Å². The van der Waals surface area contributed by atoms with Gasteiger partial charge in [0, 0.05) is 12.7 Å². The Bertz CT molecular complexity index is 1090. The van der Waals surface area contributed by atoms with Gasteiger partial charge in [-0.1, -0.05) is 36.4 Å². The Kier molecular flexibility index (Phi) is 6.42. The molecule has 3 aromatic rings. The first-order valence-corrected chi connectivity index (χ1v) is 11.3. The molecule has 0 bridgehead atoms. The van der Waals surface area contributed by atoms with Gasteiger partial charge in [0.15, 0.2) is 0 Å². The first kappa shape index (κ1) is 21.4. The van der Waals surface area contributed by atoms with E-state index in [1.165, 1.54) is 4.90 Å². The molecule has 156 valence electrons. The largest absolute Gasteiger partial charge is 0.457 e. The zero-order valence-corrected chi connectivity index (χ0v) is 17.9. The van der Waals surface area contributed by atoms with Gasteiger partial charge in [-0.05, 0) is 55.5 Å². The smallest absolute Gasteiger partial charge is 0.250 e. The predicted molar refractivity (Wildman–Crippen MR) is 120 cm³/mol. The van der Waals surface area contributed by atoms with Crippen molar-refractivity contribution in [3.63, 3.8) is 0 Å². The average Bonchev–Trinajstić information content (AvgIpc) is 2.74. The van der Waals surface area contributed by atoms with Crippen molar-refractivity contribution in [1.29, 1.82) is 0 Å². The first-order chi connectivity index (χ1) is 14.3. The number of likely N-dealkylation sites (N-methyl/N-ethyl adjacent to an activating group) is 1. The maximum absolute atomic E-state index is 13.0. The number of ether oxygens (including phenoxy) is 1. The lowest BCUT2D eigenvalue weighted by Crippen LogP contribution is -2.48. The molecule has 0 saturated carbocycles. The maximum atomic E-state index is 13.0. The Morgan fingerprint density at radius 1 is 0.800 bits per heavy atom. The van der Waals surface area contributed by atoms with Crippen molar-refractivity contribution >= 4 is 27.3 Å². The molecule has 0 aliphatic rings. The molecule has 7 heteroatoms. The van der Waals surface area contributed by atoms with Gasteiger partial charge in [0.25, 0.3) is 0 Å². The van der Waals surface area contributed by atoms with E-state index in [0.29, 0.717) is 22.9 Å². The number of anilines is 2. The van der Waals surface area contributed by atoms with Gasteiger partial charge in [-0.2, -0.15) is 0 Å². The van der Waals surface area contributed by atoms with Crippen LogP contribution in [0.25, 0.3) is 0 Å². The minimum absolute atomic E-state index is 0.337. The van der Waals surface area contributed by atoms with Crippen LogP contribution in [0.15, 0.2) is 84.9 Å². The minimum atomic E-state index is -3.70. The molecule has 6 nitrogen and oxygen atoms in total. The molecule has 0 spiro atoms. The fourth-order valence-electron chi connectivity index (χ4n) is 3.15. The van der Waals surface area contributed by atoms with E-state index in [1.54, 1.807) is 50.4 Å². The average molecular weight is 425 g/mol. The van der Waals surface area contributed by atoms with Crippen molar-refractivity contribution in [2.24, 2.45) is 0 Å². The highest BCUT2D eigenvalue weighted by atomic mass is 32.2. The van der Waals surface area contributed by atoms with Crippen LogP contribution in [-0.4, -0.2) is 33.7 Å². The van der Waals surface area contributed by atoms with Crippen LogP contribution in [0.1, 0.15) is 6.92 Å². The monoisotopic (exact) mass is 424 g/mol. The quantitative estimate of drug-likeness (QED) is 0.567. The minimum Gasteiger partial charge on any atom is -0.457 e. The molecule has 3 rings (SSSR count). The van der Waals surface area contributed by atoms with Crippen molar-refractivity contribution < 1.29 is 17.9 Å². The topological polar surface area (TPSA) is 66.9 Å². The normalized spacial score (nSPS) is 12.1. The summed E-state index contributed by atoms with van der Waals surface area (Å²) in [5, 5.41) is 0. The van der Waals surface area contributed by atoms with E-state index in [9.17, 15) is 13.2 Å². The Morgan fingerprint density at radius 3 is 1.83 bits per heavy atom. The van der Waals surface area contributed by atoms with Gasteiger partial charge in [0.1, 0.15) is 17.5 Å². The highest BCUT2D eigenvalue weighted by Gasteiger charge is 2.31. The number of sulfonamides is 1. The number of para-hydroxylation sites is 2. The number of amides is 1. The summed E-state index contributed by atoms with van der Waals surface area (Å²) >= 11 is 0. The Hall–Kier alpha value is -3.32. The molecule has 0 aromatic heterocycles. The lowest BCUT2D eigenvalue weighted by atomic mass is 10.2. The van der Waals surface area contributed by atoms with Crippen LogP contribution in [-0.2, 0) is 14.8 Å². The molecule has 0 saturated heterocycles. The summed E-state index contributed by atoms with van der Waals surface area (Å²) in [6.07, 6.45) is 1.09. The Balaban J connectivity index is 1.84. The summed E-state index contributed by atoms with van der Waals surface area (Å²) in [6, 6.07) is 24.1. The van der Waals surface area contributed by atoms with Crippen LogP contribution in [0, 0.1) is 0 Å². The van der Waals surface area contributed by atoms with Gasteiger partial charge in [0.2, 0.25) is 15.9 Å². The summed E-state index contributed by atoms with van der Waals surface area (Å²) in [5.41, 5.74) is 1.08. The highest BCUT2D eigenvalue weighted by Crippen LogP contribution is 2.27. The summed E-state index contributed by atoms with van der Waals surface area (Å²) in [5.74, 6) is 0.910. The van der Waals surface area contributed by atoms with E-state index < -0.39 is 16.1 Å². The fourth-order valence-corrected chi connectivity index (χ4v) is 4.32. The molecular weight excluding hydrogens is 400 g/mol. The fraction of sp³-hybridized carbons (Fsp3) is 0.174. The van der Waals surface area contributed by atoms with Crippen LogP contribution in [0.3, 0.4) is 0 Å². The maximum Gasteiger partial charge on any atom is 0.250 e. The zero-order chi connectivity index (χ0) is 21.7. The standard InChI is InChI=1S/C23H24N2O4S/c1-18(23(26)24(2)19-10-6-4-7-11-19)25(30(3,27)28)20-14-16-22(17-15-20)29-21-12-8-5-9-13-21/h4-18H,1-3H3. The number of rotatable bonds is 7. The lowest BCUT2D eigenvalue weighted by Gasteiger charge is -2.31. The molecule has 1 atom stereocenters. The first-order valence-electron chi connectivity index (χ1n) is 9.42. The van der Waals surface area contributed by atoms with Gasteiger partial charge in [-0.25, -0.2) is 8.42 Å². The number of hydrogen-bond acceptors (Lipinski definition) is 4. The number of benzene rings is 3. The molecule has 3 aromatic carbocycles. The summed E-state index contributed by atoms with van der Waals surface area (Å²) in [7, 11) is -2.07. The molecule has 0 heterocycles. The number of carbonyl (C=O) groups is 1. The van der Waals surface area contributed by atoms with E-state index in [2.05, 4.69) is 0 Å². The van der Waals surface area contributed by atoms with E-state index in [0.717, 1.165) is 10.6 Å². The van der Waals surface area contributed by atoms with Gasteiger partial charge >= 0.3 is 0 Å². The van der Waals surface area contributed by atoms with E-state index in [4.69, 9.17) is 4.74 Å². The molecule has 30 heavy (non-hydrogen) atoms. The predicted octanol–water partition coefficient (Wildman–Crippen LogP) is 4.30. The molecule has 1 unspecified atom stereocenters. The molecule has 0 aliphatic carbocycles. The molecule has 1 amide bonds. The van der Waals surface area contributed by atoms with Crippen LogP contribution in [0.4, 0.5) is 11.4 Å². The van der Waals surface area contributed by atoms with Crippen LogP contribution >= 0.6 is 0 Å². The van der Waals surface area contributed by atoms with Crippen LogP contribution in [0.5, 0.6) is 11.5 Å². The summed E-state index contributed by atoms with van der Waals surface area (Å²) < 4.78 is 32.0. The molecule has 0 aliphatic heterocycles. The van der Waals surface area contributed by atoms with Crippen LogP contribution < -0.4 is 13.9 Å². The van der Waals surface area contributed by atoms with Gasteiger partial charge in [-0.3, -0.25) is 9.10 Å². The summed E-state index contributed by atoms with van der Waals surface area (Å²) in [4.78, 5) is 14.5.